The Labute approximate surface area is 80.9 Å². The molecule has 1 fully saturated rings. The highest BCUT2D eigenvalue weighted by Crippen LogP contribution is 2.29. The third kappa shape index (κ3) is 1.66. The normalized spacial score (nSPS) is 25.6. The quantitative estimate of drug-likeness (QED) is 0.689. The van der Waals surface area contributed by atoms with E-state index in [1.807, 2.05) is 12.1 Å². The van der Waals surface area contributed by atoms with Gasteiger partial charge in [-0.2, -0.15) is 0 Å². The molecule has 3 N–H and O–H groups in total. The van der Waals surface area contributed by atoms with Crippen LogP contribution < -0.4 is 11.1 Å². The molecule has 2 rings (SSSR count). The number of amides is 1. The zero-order chi connectivity index (χ0) is 9.42. The fourth-order valence-electron chi connectivity index (χ4n) is 1.34. The molecule has 1 aromatic rings. The van der Waals surface area contributed by atoms with Gasteiger partial charge in [-0.1, -0.05) is 23.7 Å². The van der Waals surface area contributed by atoms with Gasteiger partial charge in [0.1, 0.15) is 6.04 Å². The van der Waals surface area contributed by atoms with Crippen molar-refractivity contribution in [2.24, 2.45) is 5.73 Å². The summed E-state index contributed by atoms with van der Waals surface area (Å²) in [5, 5.41) is 3.68. The van der Waals surface area contributed by atoms with E-state index in [1.165, 1.54) is 0 Å². The van der Waals surface area contributed by atoms with Gasteiger partial charge in [0, 0.05) is 5.02 Å². The summed E-state index contributed by atoms with van der Waals surface area (Å²) in [5.41, 5.74) is 6.18. The van der Waals surface area contributed by atoms with Crippen LogP contribution in [-0.2, 0) is 4.79 Å². The minimum Gasteiger partial charge on any atom is -0.368 e. The van der Waals surface area contributed by atoms with Gasteiger partial charge in [0.2, 0.25) is 5.91 Å². The van der Waals surface area contributed by atoms with Gasteiger partial charge in [0.15, 0.2) is 0 Å². The Morgan fingerprint density at radius 3 is 2.46 bits per heavy atom. The van der Waals surface area contributed by atoms with Crippen molar-refractivity contribution < 1.29 is 4.79 Å². The first-order chi connectivity index (χ1) is 6.18. The summed E-state index contributed by atoms with van der Waals surface area (Å²) in [6.45, 7) is 0. The fraction of sp³-hybridized carbons (Fsp3) is 0.222. The highest BCUT2D eigenvalue weighted by atomic mass is 35.5. The standard InChI is InChI=1S/C9H9ClN2O/c10-6-3-1-5(2-4-6)7-8(12-7)9(11)13/h1-4,7-8,12H,(H2,11,13)/t7-,8-/m0/s1. The lowest BCUT2D eigenvalue weighted by Crippen LogP contribution is -2.19. The van der Waals surface area contributed by atoms with Crippen LogP contribution in [0.5, 0.6) is 0 Å². The summed E-state index contributed by atoms with van der Waals surface area (Å²) in [5.74, 6) is -0.306. The molecule has 1 aliphatic rings. The molecule has 0 bridgehead atoms. The molecule has 0 spiro atoms. The SMILES string of the molecule is NC(=O)[C@H]1N[C@H]1c1ccc(Cl)cc1. The maximum Gasteiger partial charge on any atom is 0.236 e. The number of carbonyl (C=O) groups excluding carboxylic acids is 1. The van der Waals surface area contributed by atoms with Crippen LogP contribution >= 0.6 is 11.6 Å². The van der Waals surface area contributed by atoms with E-state index in [2.05, 4.69) is 5.32 Å². The Morgan fingerprint density at radius 1 is 1.38 bits per heavy atom. The summed E-state index contributed by atoms with van der Waals surface area (Å²) in [4.78, 5) is 10.7. The Morgan fingerprint density at radius 2 is 2.00 bits per heavy atom. The molecule has 0 unspecified atom stereocenters. The van der Waals surface area contributed by atoms with Crippen LogP contribution in [0, 0.1) is 0 Å². The molecule has 1 aliphatic heterocycles. The summed E-state index contributed by atoms with van der Waals surface area (Å²) < 4.78 is 0. The molecule has 0 aromatic heterocycles. The average Bonchev–Trinajstić information content (AvgIpc) is 2.85. The zero-order valence-electron chi connectivity index (χ0n) is 6.83. The lowest BCUT2D eigenvalue weighted by atomic mass is 10.1. The maximum atomic E-state index is 10.7. The van der Waals surface area contributed by atoms with Crippen molar-refractivity contribution in [1.29, 1.82) is 0 Å². The molecule has 13 heavy (non-hydrogen) atoms. The van der Waals surface area contributed by atoms with Crippen molar-refractivity contribution in [1.82, 2.24) is 5.32 Å². The largest absolute Gasteiger partial charge is 0.368 e. The van der Waals surface area contributed by atoms with Crippen molar-refractivity contribution in [3.05, 3.63) is 34.9 Å². The molecule has 0 saturated carbocycles. The molecule has 1 heterocycles. The van der Waals surface area contributed by atoms with E-state index < -0.39 is 0 Å². The summed E-state index contributed by atoms with van der Waals surface area (Å²) in [6, 6.07) is 7.26. The summed E-state index contributed by atoms with van der Waals surface area (Å²) in [7, 11) is 0. The van der Waals surface area contributed by atoms with Crippen molar-refractivity contribution in [2.75, 3.05) is 0 Å². The third-order valence-corrected chi connectivity index (χ3v) is 2.37. The van der Waals surface area contributed by atoms with Crippen LogP contribution in [0.1, 0.15) is 11.6 Å². The van der Waals surface area contributed by atoms with Gasteiger partial charge in [-0.05, 0) is 17.7 Å². The molecule has 0 aliphatic carbocycles. The third-order valence-electron chi connectivity index (χ3n) is 2.12. The number of rotatable bonds is 2. The highest BCUT2D eigenvalue weighted by Gasteiger charge is 2.41. The lowest BCUT2D eigenvalue weighted by molar-refractivity contribution is -0.117. The molecular formula is C9H9ClN2O. The van der Waals surface area contributed by atoms with E-state index in [0.29, 0.717) is 5.02 Å². The van der Waals surface area contributed by atoms with Crippen molar-refractivity contribution >= 4 is 17.5 Å². The number of primary amides is 1. The number of halogens is 1. The monoisotopic (exact) mass is 196 g/mol. The average molecular weight is 197 g/mol. The fourth-order valence-corrected chi connectivity index (χ4v) is 1.47. The van der Waals surface area contributed by atoms with E-state index in [1.54, 1.807) is 12.1 Å². The number of nitrogens with one attached hydrogen (secondary N) is 1. The Kier molecular flexibility index (Phi) is 1.98. The Balaban J connectivity index is 2.12. The van der Waals surface area contributed by atoms with Crippen LogP contribution in [0.15, 0.2) is 24.3 Å². The smallest absolute Gasteiger partial charge is 0.236 e. The van der Waals surface area contributed by atoms with Crippen LogP contribution in [-0.4, -0.2) is 11.9 Å². The van der Waals surface area contributed by atoms with Crippen LogP contribution in [0.3, 0.4) is 0 Å². The first-order valence-corrected chi connectivity index (χ1v) is 4.37. The Hall–Kier alpha value is -1.06. The van der Waals surface area contributed by atoms with Crippen molar-refractivity contribution in [3.8, 4) is 0 Å². The zero-order valence-corrected chi connectivity index (χ0v) is 7.58. The van der Waals surface area contributed by atoms with Gasteiger partial charge in [0.05, 0.1) is 6.04 Å². The molecule has 1 amide bonds. The minimum atomic E-state index is -0.306. The Bertz CT molecular complexity index is 336. The molecule has 4 heteroatoms. The van der Waals surface area contributed by atoms with E-state index in [0.717, 1.165) is 5.56 Å². The number of carbonyl (C=O) groups is 1. The van der Waals surface area contributed by atoms with Gasteiger partial charge in [0.25, 0.3) is 0 Å². The van der Waals surface area contributed by atoms with Gasteiger partial charge in [-0.3, -0.25) is 10.1 Å². The first kappa shape index (κ1) is 8.53. The minimum absolute atomic E-state index is 0.0785. The van der Waals surface area contributed by atoms with Crippen LogP contribution in [0.25, 0.3) is 0 Å². The first-order valence-electron chi connectivity index (χ1n) is 3.99. The molecule has 2 atom stereocenters. The summed E-state index contributed by atoms with van der Waals surface area (Å²) >= 11 is 5.72. The molecule has 0 radical (unpaired) electrons. The maximum absolute atomic E-state index is 10.7. The molecule has 1 aromatic carbocycles. The van der Waals surface area contributed by atoms with Crippen molar-refractivity contribution in [2.45, 2.75) is 12.1 Å². The topological polar surface area (TPSA) is 65.0 Å². The van der Waals surface area contributed by atoms with E-state index in [4.69, 9.17) is 17.3 Å². The van der Waals surface area contributed by atoms with Crippen molar-refractivity contribution in [3.63, 3.8) is 0 Å². The number of nitrogens with two attached hydrogens (primary N) is 1. The second kappa shape index (κ2) is 3.01. The second-order valence-electron chi connectivity index (χ2n) is 3.08. The number of hydrogen-bond donors (Lipinski definition) is 2. The van der Waals surface area contributed by atoms with E-state index in [9.17, 15) is 4.79 Å². The van der Waals surface area contributed by atoms with Crippen LogP contribution in [0.2, 0.25) is 5.02 Å². The summed E-state index contributed by atoms with van der Waals surface area (Å²) in [6.07, 6.45) is 0. The molecular weight excluding hydrogens is 188 g/mol. The number of benzene rings is 1. The second-order valence-corrected chi connectivity index (χ2v) is 3.51. The van der Waals surface area contributed by atoms with Crippen LogP contribution in [0.4, 0.5) is 0 Å². The highest BCUT2D eigenvalue weighted by molar-refractivity contribution is 6.30. The van der Waals surface area contributed by atoms with E-state index in [-0.39, 0.29) is 18.0 Å². The lowest BCUT2D eigenvalue weighted by Gasteiger charge is -1.96. The van der Waals surface area contributed by atoms with Gasteiger partial charge < -0.3 is 5.73 Å². The predicted octanol–water partition coefficient (Wildman–Crippen LogP) is 0.838. The molecule has 3 nitrogen and oxygen atoms in total. The number of hydrogen-bond acceptors (Lipinski definition) is 2. The van der Waals surface area contributed by atoms with Gasteiger partial charge in [-0.25, -0.2) is 0 Å². The van der Waals surface area contributed by atoms with Gasteiger partial charge in [-0.15, -0.1) is 0 Å². The molecule has 68 valence electrons. The van der Waals surface area contributed by atoms with E-state index >= 15 is 0 Å². The van der Waals surface area contributed by atoms with Gasteiger partial charge >= 0.3 is 0 Å². The molecule has 1 saturated heterocycles. The predicted molar refractivity (Wildman–Crippen MR) is 50.3 cm³/mol.